The molecule has 0 spiro atoms. The number of benzene rings is 1. The fourth-order valence-electron chi connectivity index (χ4n) is 3.38. The summed E-state index contributed by atoms with van der Waals surface area (Å²) in [6, 6.07) is 6.19. The van der Waals surface area contributed by atoms with E-state index in [2.05, 4.69) is 20.8 Å². The van der Waals surface area contributed by atoms with Crippen LogP contribution >= 0.6 is 27.5 Å². The minimum atomic E-state index is 0.0566. The molecule has 2 aliphatic heterocycles. The molecule has 0 aliphatic carbocycles. The lowest BCUT2D eigenvalue weighted by Crippen LogP contribution is -2.45. The lowest BCUT2D eigenvalue weighted by molar-refractivity contribution is 0.0644. The second-order valence-electron chi connectivity index (χ2n) is 5.87. The molecule has 3 rings (SSSR count). The van der Waals surface area contributed by atoms with Crippen LogP contribution in [0.3, 0.4) is 0 Å². The molecule has 0 aromatic heterocycles. The summed E-state index contributed by atoms with van der Waals surface area (Å²) in [7, 11) is 0. The van der Waals surface area contributed by atoms with Gasteiger partial charge in [-0.15, -0.1) is 0 Å². The molecule has 21 heavy (non-hydrogen) atoms. The third-order valence-electron chi connectivity index (χ3n) is 4.59. The molecule has 3 nitrogen and oxygen atoms in total. The van der Waals surface area contributed by atoms with E-state index in [1.54, 1.807) is 0 Å². The molecule has 114 valence electrons. The summed E-state index contributed by atoms with van der Waals surface area (Å²) in [5.74, 6) is 0.0566. The van der Waals surface area contributed by atoms with Gasteiger partial charge in [-0.3, -0.25) is 4.79 Å². The van der Waals surface area contributed by atoms with E-state index in [0.717, 1.165) is 30.4 Å². The van der Waals surface area contributed by atoms with Crippen LogP contribution < -0.4 is 0 Å². The number of rotatable bonds is 2. The van der Waals surface area contributed by atoms with Gasteiger partial charge in [0, 0.05) is 23.6 Å². The topological polar surface area (TPSA) is 23.6 Å². The molecule has 1 aromatic carbocycles. The number of hydrogen-bond donors (Lipinski definition) is 0. The maximum absolute atomic E-state index is 12.6. The summed E-state index contributed by atoms with van der Waals surface area (Å²) >= 11 is 9.62. The molecule has 0 radical (unpaired) electrons. The van der Waals surface area contributed by atoms with Gasteiger partial charge < -0.3 is 9.80 Å². The zero-order valence-electron chi connectivity index (χ0n) is 12.0. The highest BCUT2D eigenvalue weighted by Crippen LogP contribution is 2.28. The Hall–Kier alpha value is -0.580. The standard InChI is InChI=1S/C16H20BrClN2O/c17-14-5-3-4-13(15(14)18)16(21)20-10-6-12(7-11-20)19-8-1-2-9-19/h3-5,12H,1-2,6-11H2. The van der Waals surface area contributed by atoms with Crippen molar-refractivity contribution in [1.82, 2.24) is 9.80 Å². The second kappa shape index (κ2) is 6.67. The Morgan fingerprint density at radius 1 is 1.14 bits per heavy atom. The maximum atomic E-state index is 12.6. The van der Waals surface area contributed by atoms with Crippen molar-refractivity contribution < 1.29 is 4.79 Å². The van der Waals surface area contributed by atoms with E-state index < -0.39 is 0 Å². The normalized spacial score (nSPS) is 21.0. The van der Waals surface area contributed by atoms with Crippen molar-refractivity contribution in [2.45, 2.75) is 31.7 Å². The fourth-order valence-corrected chi connectivity index (χ4v) is 3.95. The highest BCUT2D eigenvalue weighted by molar-refractivity contribution is 9.10. The molecule has 5 heteroatoms. The minimum absolute atomic E-state index is 0.0566. The van der Waals surface area contributed by atoms with Crippen molar-refractivity contribution in [3.63, 3.8) is 0 Å². The first-order valence-corrected chi connectivity index (χ1v) is 8.81. The van der Waals surface area contributed by atoms with Gasteiger partial charge in [0.25, 0.3) is 5.91 Å². The maximum Gasteiger partial charge on any atom is 0.255 e. The van der Waals surface area contributed by atoms with Crippen molar-refractivity contribution in [2.24, 2.45) is 0 Å². The minimum Gasteiger partial charge on any atom is -0.338 e. The number of carbonyl (C=O) groups is 1. The Morgan fingerprint density at radius 2 is 1.81 bits per heavy atom. The molecule has 0 saturated carbocycles. The molecule has 2 saturated heterocycles. The van der Waals surface area contributed by atoms with E-state index in [0.29, 0.717) is 16.6 Å². The van der Waals surface area contributed by atoms with Gasteiger partial charge in [-0.25, -0.2) is 0 Å². The third kappa shape index (κ3) is 3.27. The number of amides is 1. The van der Waals surface area contributed by atoms with Gasteiger partial charge in [0.2, 0.25) is 0 Å². The Balaban J connectivity index is 1.63. The average molecular weight is 372 g/mol. The van der Waals surface area contributed by atoms with Gasteiger partial charge in [-0.1, -0.05) is 17.7 Å². The highest BCUT2D eigenvalue weighted by atomic mass is 79.9. The van der Waals surface area contributed by atoms with Crippen LogP contribution in [-0.2, 0) is 0 Å². The predicted octanol–water partition coefficient (Wildman–Crippen LogP) is 3.80. The van der Waals surface area contributed by atoms with Crippen LogP contribution in [0, 0.1) is 0 Å². The Morgan fingerprint density at radius 3 is 2.48 bits per heavy atom. The van der Waals surface area contributed by atoms with Gasteiger partial charge >= 0.3 is 0 Å². The molecule has 2 heterocycles. The Bertz CT molecular complexity index is 523. The van der Waals surface area contributed by atoms with Crippen LogP contribution in [0.4, 0.5) is 0 Å². The summed E-state index contributed by atoms with van der Waals surface area (Å²) in [6.07, 6.45) is 4.81. The predicted molar refractivity (Wildman–Crippen MR) is 88.9 cm³/mol. The molecule has 1 aromatic rings. The monoisotopic (exact) mass is 370 g/mol. The number of halogens is 2. The summed E-state index contributed by atoms with van der Waals surface area (Å²) < 4.78 is 0.780. The molecular formula is C16H20BrClN2O. The zero-order chi connectivity index (χ0) is 14.8. The van der Waals surface area contributed by atoms with E-state index in [4.69, 9.17) is 11.6 Å². The Labute approximate surface area is 139 Å². The van der Waals surface area contributed by atoms with Gasteiger partial charge in [-0.05, 0) is 66.8 Å². The van der Waals surface area contributed by atoms with Crippen molar-refractivity contribution >= 4 is 33.4 Å². The molecule has 2 aliphatic rings. The first-order valence-electron chi connectivity index (χ1n) is 7.64. The summed E-state index contributed by atoms with van der Waals surface area (Å²) in [5.41, 5.74) is 0.602. The summed E-state index contributed by atoms with van der Waals surface area (Å²) in [4.78, 5) is 17.1. The molecule has 0 unspecified atom stereocenters. The van der Waals surface area contributed by atoms with E-state index in [-0.39, 0.29) is 5.91 Å². The first kappa shape index (κ1) is 15.3. The van der Waals surface area contributed by atoms with Gasteiger partial charge in [0.1, 0.15) is 0 Å². The quantitative estimate of drug-likeness (QED) is 0.789. The molecule has 2 fully saturated rings. The van der Waals surface area contributed by atoms with Crippen LogP contribution in [0.2, 0.25) is 5.02 Å². The second-order valence-corrected chi connectivity index (χ2v) is 7.10. The summed E-state index contributed by atoms with van der Waals surface area (Å²) in [5, 5.41) is 0.518. The molecule has 0 bridgehead atoms. The van der Waals surface area contributed by atoms with Crippen molar-refractivity contribution in [2.75, 3.05) is 26.2 Å². The van der Waals surface area contributed by atoms with E-state index >= 15 is 0 Å². The molecular weight excluding hydrogens is 352 g/mol. The van der Waals surface area contributed by atoms with Gasteiger partial charge in [0.15, 0.2) is 0 Å². The average Bonchev–Trinajstić information content (AvgIpc) is 3.04. The number of piperidine rings is 1. The lowest BCUT2D eigenvalue weighted by Gasteiger charge is -2.36. The molecule has 0 N–H and O–H groups in total. The number of nitrogens with zero attached hydrogens (tertiary/aromatic N) is 2. The molecule has 1 amide bonds. The SMILES string of the molecule is O=C(c1cccc(Br)c1Cl)N1CCC(N2CCCC2)CC1. The summed E-state index contributed by atoms with van der Waals surface area (Å²) in [6.45, 7) is 4.14. The van der Waals surface area contributed by atoms with E-state index in [9.17, 15) is 4.79 Å². The van der Waals surface area contributed by atoms with Crippen LogP contribution in [0.5, 0.6) is 0 Å². The first-order chi connectivity index (χ1) is 10.2. The van der Waals surface area contributed by atoms with Gasteiger partial charge in [0.05, 0.1) is 10.6 Å². The zero-order valence-corrected chi connectivity index (χ0v) is 14.4. The smallest absolute Gasteiger partial charge is 0.255 e. The van der Waals surface area contributed by atoms with Crippen LogP contribution in [0.15, 0.2) is 22.7 Å². The highest BCUT2D eigenvalue weighted by Gasteiger charge is 2.29. The van der Waals surface area contributed by atoms with Crippen LogP contribution in [-0.4, -0.2) is 47.9 Å². The largest absolute Gasteiger partial charge is 0.338 e. The third-order valence-corrected chi connectivity index (χ3v) is 5.89. The van der Waals surface area contributed by atoms with Crippen LogP contribution in [0.1, 0.15) is 36.0 Å². The van der Waals surface area contributed by atoms with Crippen molar-refractivity contribution in [3.05, 3.63) is 33.3 Å². The van der Waals surface area contributed by atoms with Crippen molar-refractivity contribution in [1.29, 1.82) is 0 Å². The fraction of sp³-hybridized carbons (Fsp3) is 0.562. The molecule has 0 atom stereocenters. The Kier molecular flexibility index (Phi) is 4.87. The van der Waals surface area contributed by atoms with E-state index in [1.165, 1.54) is 25.9 Å². The van der Waals surface area contributed by atoms with Gasteiger partial charge in [-0.2, -0.15) is 0 Å². The van der Waals surface area contributed by atoms with Crippen molar-refractivity contribution in [3.8, 4) is 0 Å². The van der Waals surface area contributed by atoms with E-state index in [1.807, 2.05) is 23.1 Å². The number of carbonyl (C=O) groups excluding carboxylic acids is 1. The van der Waals surface area contributed by atoms with Crippen LogP contribution in [0.25, 0.3) is 0 Å². The lowest BCUT2D eigenvalue weighted by atomic mass is 10.0. The number of likely N-dealkylation sites (tertiary alicyclic amines) is 2. The number of hydrogen-bond acceptors (Lipinski definition) is 2.